The van der Waals surface area contributed by atoms with Gasteiger partial charge in [-0.05, 0) is 43.0 Å². The van der Waals surface area contributed by atoms with Crippen molar-refractivity contribution in [2.75, 3.05) is 13.1 Å². The molecule has 0 fully saturated rings. The van der Waals surface area contributed by atoms with E-state index in [0.717, 1.165) is 42.8 Å². The van der Waals surface area contributed by atoms with Gasteiger partial charge in [-0.15, -0.1) is 0 Å². The minimum Gasteiger partial charge on any atom is -0.341 e. The number of nitrogens with zero attached hydrogens (tertiary/aromatic N) is 3. The second-order valence-corrected chi connectivity index (χ2v) is 6.79. The zero-order valence-corrected chi connectivity index (χ0v) is 14.9. The zero-order chi connectivity index (χ0) is 17.8. The van der Waals surface area contributed by atoms with Gasteiger partial charge in [0.25, 0.3) is 0 Å². The number of hydrogen-bond donors (Lipinski definition) is 2. The van der Waals surface area contributed by atoms with E-state index in [-0.39, 0.29) is 22.3 Å². The third-order valence-corrected chi connectivity index (χ3v) is 5.04. The van der Waals surface area contributed by atoms with E-state index in [0.29, 0.717) is 12.6 Å². The topological polar surface area (TPSA) is 70.8 Å². The number of nitrogens with two attached hydrogens (primary N) is 1. The first-order chi connectivity index (χ1) is 12.8. The highest BCUT2D eigenvalue weighted by atomic mass is 15.2. The molecule has 1 aliphatic rings. The molecule has 158 valence electrons. The van der Waals surface area contributed by atoms with Crippen LogP contribution in [0.25, 0.3) is 11.0 Å². The van der Waals surface area contributed by atoms with Crippen LogP contribution < -0.4 is 5.73 Å². The molecule has 3 aromatic rings. The number of aromatic nitrogens is 3. The van der Waals surface area contributed by atoms with Crippen molar-refractivity contribution in [3.05, 3.63) is 71.8 Å². The van der Waals surface area contributed by atoms with Gasteiger partial charge < -0.3 is 10.7 Å². The SMILES string of the molecule is C.C.C.NC/C=C\CN(Cc1nc2ccccc2[nH]1)C1CCCc2cccnc21. The summed E-state index contributed by atoms with van der Waals surface area (Å²) in [6.45, 7) is 2.18. The van der Waals surface area contributed by atoms with Crippen LogP contribution in [-0.2, 0) is 13.0 Å². The summed E-state index contributed by atoms with van der Waals surface area (Å²) < 4.78 is 0. The molecule has 1 aliphatic carbocycles. The van der Waals surface area contributed by atoms with Crippen LogP contribution >= 0.6 is 0 Å². The molecular weight excluding hydrogens is 358 g/mol. The van der Waals surface area contributed by atoms with Crippen LogP contribution in [0.1, 0.15) is 58.2 Å². The van der Waals surface area contributed by atoms with Crippen LogP contribution in [-0.4, -0.2) is 32.9 Å². The van der Waals surface area contributed by atoms with Gasteiger partial charge in [0.2, 0.25) is 0 Å². The largest absolute Gasteiger partial charge is 0.341 e. The van der Waals surface area contributed by atoms with Crippen LogP contribution in [0.5, 0.6) is 0 Å². The van der Waals surface area contributed by atoms with Crippen molar-refractivity contribution in [1.82, 2.24) is 19.9 Å². The molecule has 0 saturated heterocycles. The Morgan fingerprint density at radius 3 is 2.72 bits per heavy atom. The molecule has 5 nitrogen and oxygen atoms in total. The molecule has 2 heterocycles. The van der Waals surface area contributed by atoms with Gasteiger partial charge in [-0.2, -0.15) is 0 Å². The third kappa shape index (κ3) is 5.52. The van der Waals surface area contributed by atoms with Crippen molar-refractivity contribution >= 4 is 11.0 Å². The minimum atomic E-state index is 0. The van der Waals surface area contributed by atoms with Crippen LogP contribution in [0.15, 0.2) is 54.7 Å². The number of pyridine rings is 1. The lowest BCUT2D eigenvalue weighted by Gasteiger charge is -2.33. The van der Waals surface area contributed by atoms with E-state index in [4.69, 9.17) is 15.7 Å². The van der Waals surface area contributed by atoms with Gasteiger partial charge >= 0.3 is 0 Å². The number of rotatable bonds is 6. The molecule has 0 amide bonds. The first-order valence-corrected chi connectivity index (χ1v) is 9.31. The molecule has 0 spiro atoms. The maximum atomic E-state index is 5.64. The molecule has 2 aromatic heterocycles. The fourth-order valence-electron chi connectivity index (χ4n) is 3.82. The van der Waals surface area contributed by atoms with E-state index in [1.807, 2.05) is 36.5 Å². The Hall–Kier alpha value is -2.50. The highest BCUT2D eigenvalue weighted by molar-refractivity contribution is 5.74. The van der Waals surface area contributed by atoms with E-state index in [1.165, 1.54) is 17.7 Å². The fraction of sp³-hybridized carbons (Fsp3) is 0.417. The molecule has 1 aromatic carbocycles. The van der Waals surface area contributed by atoms with E-state index in [9.17, 15) is 0 Å². The molecule has 5 heteroatoms. The first kappa shape index (κ1) is 24.5. The molecule has 3 N–H and O–H groups in total. The number of aromatic amines is 1. The smallest absolute Gasteiger partial charge is 0.121 e. The lowest BCUT2D eigenvalue weighted by molar-refractivity contribution is 0.181. The van der Waals surface area contributed by atoms with Crippen LogP contribution in [0.4, 0.5) is 0 Å². The van der Waals surface area contributed by atoms with E-state index in [2.05, 4.69) is 28.1 Å². The summed E-state index contributed by atoms with van der Waals surface area (Å²) in [5, 5.41) is 0. The van der Waals surface area contributed by atoms with Crippen molar-refractivity contribution < 1.29 is 0 Å². The lowest BCUT2D eigenvalue weighted by Crippen LogP contribution is -2.32. The number of H-pyrrole nitrogens is 1. The second-order valence-electron chi connectivity index (χ2n) is 6.79. The minimum absolute atomic E-state index is 0. The average molecular weight is 396 g/mol. The molecule has 29 heavy (non-hydrogen) atoms. The van der Waals surface area contributed by atoms with Gasteiger partial charge in [0.05, 0.1) is 29.3 Å². The van der Waals surface area contributed by atoms with Gasteiger partial charge in [-0.25, -0.2) is 4.98 Å². The Morgan fingerprint density at radius 2 is 1.93 bits per heavy atom. The van der Waals surface area contributed by atoms with E-state index in [1.54, 1.807) is 0 Å². The van der Waals surface area contributed by atoms with E-state index < -0.39 is 0 Å². The predicted molar refractivity (Wildman–Crippen MR) is 125 cm³/mol. The fourth-order valence-corrected chi connectivity index (χ4v) is 3.82. The summed E-state index contributed by atoms with van der Waals surface area (Å²) in [4.78, 5) is 15.4. The van der Waals surface area contributed by atoms with Crippen molar-refractivity contribution in [1.29, 1.82) is 0 Å². The predicted octanol–water partition coefficient (Wildman–Crippen LogP) is 5.26. The van der Waals surface area contributed by atoms with Crippen LogP contribution in [0, 0.1) is 0 Å². The highest BCUT2D eigenvalue weighted by Gasteiger charge is 2.27. The average Bonchev–Trinajstić information content (AvgIpc) is 3.09. The van der Waals surface area contributed by atoms with E-state index >= 15 is 0 Å². The maximum absolute atomic E-state index is 5.64. The summed E-state index contributed by atoms with van der Waals surface area (Å²) in [5.41, 5.74) is 10.3. The lowest BCUT2D eigenvalue weighted by atomic mass is 9.90. The molecule has 4 rings (SSSR count). The molecule has 0 saturated carbocycles. The first-order valence-electron chi connectivity index (χ1n) is 9.31. The summed E-state index contributed by atoms with van der Waals surface area (Å²) >= 11 is 0. The number of aryl methyl sites for hydroxylation is 1. The summed E-state index contributed by atoms with van der Waals surface area (Å²) in [7, 11) is 0. The standard InChI is InChI=1S/C21H25N5.3CH4/c22-12-3-4-14-26(15-20-24-17-9-1-2-10-18(17)25-20)19-11-5-7-16-8-6-13-23-21(16)19;;;/h1-4,6,8-10,13,19H,5,7,11-12,14-15,22H2,(H,24,25);3*1H4/b4-3-;;;. The maximum Gasteiger partial charge on any atom is 0.121 e. The summed E-state index contributed by atoms with van der Waals surface area (Å²) in [6, 6.07) is 12.7. The Labute approximate surface area is 176 Å². The number of benzene rings is 1. The number of hydrogen-bond acceptors (Lipinski definition) is 4. The van der Waals surface area contributed by atoms with Crippen LogP contribution in [0.3, 0.4) is 0 Å². The normalized spacial score (nSPS) is 15.4. The Morgan fingerprint density at radius 1 is 1.10 bits per heavy atom. The van der Waals surface area contributed by atoms with Crippen molar-refractivity contribution in [3.8, 4) is 0 Å². The molecule has 0 aliphatic heterocycles. The number of imidazole rings is 1. The van der Waals surface area contributed by atoms with Crippen molar-refractivity contribution in [2.24, 2.45) is 5.73 Å². The van der Waals surface area contributed by atoms with Crippen molar-refractivity contribution in [2.45, 2.75) is 54.1 Å². The summed E-state index contributed by atoms with van der Waals surface area (Å²) in [6.07, 6.45) is 9.53. The van der Waals surface area contributed by atoms with Gasteiger partial charge in [0.15, 0.2) is 0 Å². The summed E-state index contributed by atoms with van der Waals surface area (Å²) in [5.74, 6) is 0.996. The Balaban J connectivity index is 0.00000140. The monoisotopic (exact) mass is 395 g/mol. The Kier molecular flexibility index (Phi) is 9.72. The van der Waals surface area contributed by atoms with Gasteiger partial charge in [0.1, 0.15) is 5.82 Å². The highest BCUT2D eigenvalue weighted by Crippen LogP contribution is 2.33. The second kappa shape index (κ2) is 11.5. The van der Waals surface area contributed by atoms with Crippen molar-refractivity contribution in [3.63, 3.8) is 0 Å². The number of para-hydroxylation sites is 2. The third-order valence-electron chi connectivity index (χ3n) is 5.04. The van der Waals surface area contributed by atoms with Gasteiger partial charge in [-0.3, -0.25) is 9.88 Å². The number of nitrogens with one attached hydrogen (secondary N) is 1. The number of fused-ring (bicyclic) bond motifs is 2. The van der Waals surface area contributed by atoms with Crippen LogP contribution in [0.2, 0.25) is 0 Å². The molecule has 0 radical (unpaired) electrons. The Bertz CT molecular complexity index is 866. The molecule has 1 atom stereocenters. The van der Waals surface area contributed by atoms with Gasteiger partial charge in [0, 0.05) is 19.3 Å². The zero-order valence-electron chi connectivity index (χ0n) is 14.9. The quantitative estimate of drug-likeness (QED) is 0.558. The van der Waals surface area contributed by atoms with Gasteiger partial charge in [-0.1, -0.05) is 52.6 Å². The molecule has 1 unspecified atom stereocenters. The molecular formula is C24H37N5. The molecule has 0 bridgehead atoms.